The van der Waals surface area contributed by atoms with E-state index in [0.717, 1.165) is 48.4 Å². The van der Waals surface area contributed by atoms with Crippen LogP contribution in [0.25, 0.3) is 27.8 Å². The summed E-state index contributed by atoms with van der Waals surface area (Å²) in [6.07, 6.45) is 4.90. The van der Waals surface area contributed by atoms with Gasteiger partial charge in [0.15, 0.2) is 11.6 Å². The van der Waals surface area contributed by atoms with E-state index in [1.165, 1.54) is 30.2 Å². The van der Waals surface area contributed by atoms with Crippen LogP contribution < -0.4 is 16.4 Å². The van der Waals surface area contributed by atoms with E-state index in [4.69, 9.17) is 0 Å². The number of aromatic nitrogens is 7. The molecule has 2 N–H and O–H groups in total. The summed E-state index contributed by atoms with van der Waals surface area (Å²) in [5.41, 5.74) is 2.13. The van der Waals surface area contributed by atoms with E-state index in [-0.39, 0.29) is 28.0 Å². The molecule has 0 saturated heterocycles. The lowest BCUT2D eigenvalue weighted by Crippen LogP contribution is -2.30. The first kappa shape index (κ1) is 26.2. The zero-order chi connectivity index (χ0) is 29.1. The Kier molecular flexibility index (Phi) is 6.21. The second-order valence-corrected chi connectivity index (χ2v) is 10.9. The second kappa shape index (κ2) is 9.96. The Balaban J connectivity index is 1.30. The first-order valence-electron chi connectivity index (χ1n) is 13.7. The predicted octanol–water partition coefficient (Wildman–Crippen LogP) is 2.44. The van der Waals surface area contributed by atoms with Crippen molar-refractivity contribution in [2.45, 2.75) is 38.5 Å². The highest BCUT2D eigenvalue weighted by Crippen LogP contribution is 2.41. The van der Waals surface area contributed by atoms with Crippen molar-refractivity contribution in [2.24, 2.45) is 7.05 Å². The molecule has 1 aromatic carbocycles. The fourth-order valence-electron chi connectivity index (χ4n) is 5.54. The lowest BCUT2D eigenvalue weighted by molar-refractivity contribution is 0.259. The van der Waals surface area contributed by atoms with Crippen LogP contribution in [0.2, 0.25) is 0 Å². The van der Waals surface area contributed by atoms with Gasteiger partial charge in [-0.25, -0.2) is 14.1 Å². The molecule has 0 unspecified atom stereocenters. The van der Waals surface area contributed by atoms with Crippen LogP contribution in [0.4, 0.5) is 15.9 Å². The number of aliphatic hydroxyl groups is 1. The maximum atomic E-state index is 15.1. The maximum absolute atomic E-state index is 15.1. The van der Waals surface area contributed by atoms with Gasteiger partial charge in [-0.3, -0.25) is 19.2 Å². The van der Waals surface area contributed by atoms with Crippen LogP contribution in [-0.4, -0.2) is 57.9 Å². The lowest BCUT2D eigenvalue weighted by atomic mass is 10.0. The van der Waals surface area contributed by atoms with Gasteiger partial charge in [-0.15, -0.1) is 0 Å². The Morgan fingerprint density at radius 2 is 1.90 bits per heavy atom. The van der Waals surface area contributed by atoms with E-state index in [9.17, 15) is 14.7 Å². The minimum atomic E-state index is -0.683. The number of pyridine rings is 1. The standard InChI is InChI=1S/C29H28FN9O3/c1-36-7-8-38-19(14-36)11-25(35-38)33-24-12-23(34-37(2)28(24)41)20-5-6-31-27(21(20)15-40)39-29(42)26-18(13-32-39)9-17(10-22(26)30)16-3-4-16/h5-6,9-13,16,40H,3-4,7-8,14-15H2,1-2H3,(H,33,35). The third-order valence-corrected chi connectivity index (χ3v) is 7.89. The molecule has 0 bridgehead atoms. The molecule has 2 aliphatic rings. The number of anilines is 2. The largest absolute Gasteiger partial charge is 0.392 e. The number of likely N-dealkylation sites (N-methyl/N-ethyl adjacent to an activating group) is 1. The summed E-state index contributed by atoms with van der Waals surface area (Å²) in [6, 6.07) is 8.33. The van der Waals surface area contributed by atoms with Gasteiger partial charge in [0, 0.05) is 48.9 Å². The summed E-state index contributed by atoms with van der Waals surface area (Å²) in [4.78, 5) is 33.0. The van der Waals surface area contributed by atoms with Crippen molar-refractivity contribution in [1.29, 1.82) is 0 Å². The monoisotopic (exact) mass is 569 g/mol. The van der Waals surface area contributed by atoms with Gasteiger partial charge in [0.05, 0.1) is 36.1 Å². The van der Waals surface area contributed by atoms with E-state index in [1.54, 1.807) is 12.1 Å². The maximum Gasteiger partial charge on any atom is 0.290 e. The minimum Gasteiger partial charge on any atom is -0.392 e. The number of halogens is 1. The Morgan fingerprint density at radius 1 is 1.07 bits per heavy atom. The second-order valence-electron chi connectivity index (χ2n) is 10.9. The molecule has 7 rings (SSSR count). The molecule has 1 aliphatic heterocycles. The SMILES string of the molecule is CN1CCn2nc(Nc3cc(-c4ccnc(-n5ncc6cc(C7CC7)cc(F)c6c5=O)c4CO)nn(C)c3=O)cc2C1. The van der Waals surface area contributed by atoms with E-state index < -0.39 is 18.0 Å². The number of hydrogen-bond donors (Lipinski definition) is 2. The van der Waals surface area contributed by atoms with Crippen LogP contribution in [-0.2, 0) is 26.7 Å². The fraction of sp³-hybridized carbons (Fsp3) is 0.310. The van der Waals surface area contributed by atoms with Gasteiger partial charge in [0.25, 0.3) is 11.1 Å². The highest BCUT2D eigenvalue weighted by molar-refractivity contribution is 5.82. The van der Waals surface area contributed by atoms with Crippen molar-refractivity contribution in [3.8, 4) is 17.1 Å². The van der Waals surface area contributed by atoms with Crippen molar-refractivity contribution in [3.05, 3.63) is 86.1 Å². The number of nitrogens with one attached hydrogen (secondary N) is 1. The summed E-state index contributed by atoms with van der Waals surface area (Å²) in [5, 5.41) is 27.2. The molecule has 214 valence electrons. The van der Waals surface area contributed by atoms with Gasteiger partial charge in [-0.05, 0) is 55.6 Å². The molecule has 1 aliphatic carbocycles. The molecule has 1 fully saturated rings. The zero-order valence-corrected chi connectivity index (χ0v) is 23.1. The number of rotatable bonds is 6. The third-order valence-electron chi connectivity index (χ3n) is 7.89. The molecule has 5 heterocycles. The minimum absolute atomic E-state index is 0.0450. The molecule has 4 aromatic heterocycles. The molecule has 0 amide bonds. The topological polar surface area (TPSA) is 136 Å². The lowest BCUT2D eigenvalue weighted by Gasteiger charge is -2.22. The first-order chi connectivity index (χ1) is 20.3. The fourth-order valence-corrected chi connectivity index (χ4v) is 5.54. The van der Waals surface area contributed by atoms with E-state index in [1.807, 2.05) is 23.9 Å². The summed E-state index contributed by atoms with van der Waals surface area (Å²) in [7, 11) is 3.57. The Hall–Kier alpha value is -4.75. The Bertz CT molecular complexity index is 1990. The average Bonchev–Trinajstić information content (AvgIpc) is 3.75. The van der Waals surface area contributed by atoms with Crippen LogP contribution in [0.5, 0.6) is 0 Å². The molecule has 42 heavy (non-hydrogen) atoms. The smallest absolute Gasteiger partial charge is 0.290 e. The summed E-state index contributed by atoms with van der Waals surface area (Å²) >= 11 is 0. The number of benzene rings is 1. The molecular formula is C29H28FN9O3. The summed E-state index contributed by atoms with van der Waals surface area (Å²) in [5.74, 6) is 0.287. The molecule has 0 spiro atoms. The van der Waals surface area contributed by atoms with Crippen LogP contribution in [0.3, 0.4) is 0 Å². The van der Waals surface area contributed by atoms with Crippen LogP contribution in [0.15, 0.2) is 52.3 Å². The molecule has 12 nitrogen and oxygen atoms in total. The quantitative estimate of drug-likeness (QED) is 0.316. The molecular weight excluding hydrogens is 541 g/mol. The van der Waals surface area contributed by atoms with E-state index in [0.29, 0.717) is 28.4 Å². The Morgan fingerprint density at radius 3 is 2.69 bits per heavy atom. The number of hydrogen-bond acceptors (Lipinski definition) is 9. The van der Waals surface area contributed by atoms with Crippen molar-refractivity contribution >= 4 is 22.3 Å². The highest BCUT2D eigenvalue weighted by Gasteiger charge is 2.26. The zero-order valence-electron chi connectivity index (χ0n) is 23.1. The van der Waals surface area contributed by atoms with E-state index >= 15 is 4.39 Å². The first-order valence-corrected chi connectivity index (χ1v) is 13.7. The Labute approximate surface area is 238 Å². The third kappa shape index (κ3) is 4.46. The van der Waals surface area contributed by atoms with Gasteiger partial charge in [-0.2, -0.15) is 20.0 Å². The molecule has 5 aromatic rings. The number of fused-ring (bicyclic) bond motifs is 2. The van der Waals surface area contributed by atoms with Crippen molar-refractivity contribution < 1.29 is 9.50 Å². The average molecular weight is 570 g/mol. The van der Waals surface area contributed by atoms with Gasteiger partial charge in [0.2, 0.25) is 0 Å². The molecule has 1 saturated carbocycles. The van der Waals surface area contributed by atoms with Crippen molar-refractivity contribution in [2.75, 3.05) is 18.9 Å². The van der Waals surface area contributed by atoms with Gasteiger partial charge in [0.1, 0.15) is 11.5 Å². The number of nitrogens with zero attached hydrogens (tertiary/aromatic N) is 8. The van der Waals surface area contributed by atoms with Crippen LogP contribution in [0.1, 0.15) is 35.6 Å². The summed E-state index contributed by atoms with van der Waals surface area (Å²) in [6.45, 7) is 1.87. The van der Waals surface area contributed by atoms with Crippen molar-refractivity contribution in [3.63, 3.8) is 0 Å². The van der Waals surface area contributed by atoms with E-state index in [2.05, 4.69) is 30.5 Å². The predicted molar refractivity (Wildman–Crippen MR) is 153 cm³/mol. The van der Waals surface area contributed by atoms with Crippen LogP contribution >= 0.6 is 0 Å². The molecule has 0 atom stereocenters. The highest BCUT2D eigenvalue weighted by atomic mass is 19.1. The van der Waals surface area contributed by atoms with Gasteiger partial charge in [-0.1, -0.05) is 0 Å². The summed E-state index contributed by atoms with van der Waals surface area (Å²) < 4.78 is 19.2. The van der Waals surface area contributed by atoms with Crippen molar-refractivity contribution in [1.82, 2.24) is 39.2 Å². The van der Waals surface area contributed by atoms with Gasteiger partial charge < -0.3 is 10.4 Å². The molecule has 0 radical (unpaired) electrons. The number of aryl methyl sites for hydroxylation is 1. The number of aliphatic hydroxyl groups excluding tert-OH is 1. The molecule has 13 heteroatoms. The normalized spacial score (nSPS) is 15.2. The van der Waals surface area contributed by atoms with Crippen LogP contribution in [0, 0.1) is 5.82 Å². The van der Waals surface area contributed by atoms with Gasteiger partial charge >= 0.3 is 0 Å².